The van der Waals surface area contributed by atoms with Crippen LogP contribution < -0.4 is 10.9 Å². The fourth-order valence-corrected chi connectivity index (χ4v) is 2.12. The molecule has 0 spiro atoms. The normalized spacial score (nSPS) is 10.0. The van der Waals surface area contributed by atoms with Gasteiger partial charge in [0.25, 0.3) is 17.5 Å². The van der Waals surface area contributed by atoms with Gasteiger partial charge in [-0.15, -0.1) is 0 Å². The molecule has 0 bridgehead atoms. The minimum Gasteiger partial charge on any atom is -0.267 e. The first kappa shape index (κ1) is 16.2. The van der Waals surface area contributed by atoms with Gasteiger partial charge >= 0.3 is 0 Å². The molecule has 2 aromatic carbocycles. The van der Waals surface area contributed by atoms with E-state index in [1.54, 1.807) is 12.1 Å². The number of nitrogens with zero attached hydrogens (tertiary/aromatic N) is 1. The first-order valence-electron chi connectivity index (χ1n) is 6.80. The van der Waals surface area contributed by atoms with Crippen molar-refractivity contribution in [1.82, 2.24) is 10.9 Å². The quantitative estimate of drug-likeness (QED) is 0.670. The van der Waals surface area contributed by atoms with Gasteiger partial charge in [0.05, 0.1) is 4.92 Å². The van der Waals surface area contributed by atoms with Crippen LogP contribution in [0.4, 0.5) is 5.69 Å². The summed E-state index contributed by atoms with van der Waals surface area (Å²) in [6.45, 7) is 3.73. The summed E-state index contributed by atoms with van der Waals surface area (Å²) >= 11 is 0. The number of amides is 2. The summed E-state index contributed by atoms with van der Waals surface area (Å²) in [6, 6.07) is 10.6. The molecule has 0 atom stereocenters. The topological polar surface area (TPSA) is 101 Å². The monoisotopic (exact) mass is 313 g/mol. The van der Waals surface area contributed by atoms with Crippen molar-refractivity contribution in [3.63, 3.8) is 0 Å². The summed E-state index contributed by atoms with van der Waals surface area (Å²) in [5.74, 6) is -1.10. The highest BCUT2D eigenvalue weighted by Gasteiger charge is 2.13. The van der Waals surface area contributed by atoms with E-state index in [1.165, 1.54) is 18.2 Å². The molecule has 0 heterocycles. The van der Waals surface area contributed by atoms with Gasteiger partial charge in [0.2, 0.25) is 0 Å². The van der Waals surface area contributed by atoms with Crippen molar-refractivity contribution in [3.8, 4) is 0 Å². The van der Waals surface area contributed by atoms with Crippen LogP contribution in [0.5, 0.6) is 0 Å². The average Bonchev–Trinajstić information content (AvgIpc) is 2.51. The zero-order valence-electron chi connectivity index (χ0n) is 12.6. The molecular formula is C16H15N3O4. The Morgan fingerprint density at radius 3 is 2.04 bits per heavy atom. The van der Waals surface area contributed by atoms with Gasteiger partial charge in [-0.1, -0.05) is 23.3 Å². The molecule has 0 aliphatic rings. The molecule has 0 saturated carbocycles. The highest BCUT2D eigenvalue weighted by molar-refractivity contribution is 5.99. The maximum Gasteiger partial charge on any atom is 0.270 e. The second-order valence-electron chi connectivity index (χ2n) is 5.09. The number of benzene rings is 2. The van der Waals surface area contributed by atoms with Crippen molar-refractivity contribution in [2.24, 2.45) is 0 Å². The number of hydrazine groups is 1. The van der Waals surface area contributed by atoms with E-state index in [1.807, 2.05) is 19.9 Å². The molecule has 0 aromatic heterocycles. The van der Waals surface area contributed by atoms with E-state index in [9.17, 15) is 19.7 Å². The number of carbonyl (C=O) groups excluding carboxylic acids is 2. The summed E-state index contributed by atoms with van der Waals surface area (Å²) in [6.07, 6.45) is 0. The van der Waals surface area contributed by atoms with Gasteiger partial charge < -0.3 is 0 Å². The summed E-state index contributed by atoms with van der Waals surface area (Å²) < 4.78 is 0. The number of rotatable bonds is 3. The third-order valence-corrected chi connectivity index (χ3v) is 3.09. The lowest BCUT2D eigenvalue weighted by atomic mass is 10.1. The lowest BCUT2D eigenvalue weighted by molar-refractivity contribution is -0.384. The van der Waals surface area contributed by atoms with Crippen molar-refractivity contribution in [2.75, 3.05) is 0 Å². The van der Waals surface area contributed by atoms with Crippen molar-refractivity contribution in [2.45, 2.75) is 13.8 Å². The molecular weight excluding hydrogens is 298 g/mol. The number of carbonyl (C=O) groups is 2. The van der Waals surface area contributed by atoms with E-state index in [2.05, 4.69) is 10.9 Å². The summed E-state index contributed by atoms with van der Waals surface area (Å²) in [5, 5.41) is 10.7. The molecule has 0 fully saturated rings. The van der Waals surface area contributed by atoms with Gasteiger partial charge in [0, 0.05) is 23.3 Å². The Morgan fingerprint density at radius 2 is 1.48 bits per heavy atom. The first-order valence-corrected chi connectivity index (χ1v) is 6.80. The molecule has 0 saturated heterocycles. The van der Waals surface area contributed by atoms with E-state index < -0.39 is 16.7 Å². The third-order valence-electron chi connectivity index (χ3n) is 3.09. The van der Waals surface area contributed by atoms with Crippen molar-refractivity contribution in [3.05, 3.63) is 74.8 Å². The van der Waals surface area contributed by atoms with Crippen molar-refractivity contribution >= 4 is 17.5 Å². The predicted molar refractivity (Wildman–Crippen MR) is 83.9 cm³/mol. The molecule has 7 heteroatoms. The first-order chi connectivity index (χ1) is 10.9. The molecule has 2 aromatic rings. The molecule has 118 valence electrons. The minimum atomic E-state index is -0.633. The molecule has 2 amide bonds. The maximum atomic E-state index is 12.0. The molecule has 0 radical (unpaired) electrons. The van der Waals surface area contributed by atoms with Crippen LogP contribution in [0.2, 0.25) is 0 Å². The Labute approximate surface area is 132 Å². The molecule has 7 nitrogen and oxygen atoms in total. The van der Waals surface area contributed by atoms with Gasteiger partial charge in [0.1, 0.15) is 0 Å². The van der Waals surface area contributed by atoms with Crippen LogP contribution >= 0.6 is 0 Å². The lowest BCUT2D eigenvalue weighted by Crippen LogP contribution is -2.41. The maximum absolute atomic E-state index is 12.0. The number of nitro benzene ring substituents is 1. The standard InChI is InChI=1S/C16H15N3O4/c1-10-6-11(2)8-13(7-10)16(21)18-17-15(20)12-4-3-5-14(9-12)19(22)23/h3-9H,1-2H3,(H,17,20)(H,18,21). The van der Waals surface area contributed by atoms with Crippen LogP contribution in [-0.2, 0) is 0 Å². The van der Waals surface area contributed by atoms with Gasteiger partial charge in [0.15, 0.2) is 0 Å². The van der Waals surface area contributed by atoms with E-state index >= 15 is 0 Å². The SMILES string of the molecule is Cc1cc(C)cc(C(=O)NNC(=O)c2cccc([N+](=O)[O-])c2)c1. The fraction of sp³-hybridized carbons (Fsp3) is 0.125. The smallest absolute Gasteiger partial charge is 0.267 e. The van der Waals surface area contributed by atoms with Crippen LogP contribution in [0.25, 0.3) is 0 Å². The molecule has 0 aliphatic heterocycles. The van der Waals surface area contributed by atoms with Gasteiger partial charge in [-0.2, -0.15) is 0 Å². The van der Waals surface area contributed by atoms with E-state index in [0.29, 0.717) is 5.56 Å². The Kier molecular flexibility index (Phi) is 4.70. The fourth-order valence-electron chi connectivity index (χ4n) is 2.12. The molecule has 0 aliphatic carbocycles. The zero-order valence-corrected chi connectivity index (χ0v) is 12.6. The zero-order chi connectivity index (χ0) is 17.0. The second-order valence-corrected chi connectivity index (χ2v) is 5.09. The number of non-ortho nitro benzene ring substituents is 1. The highest BCUT2D eigenvalue weighted by Crippen LogP contribution is 2.13. The largest absolute Gasteiger partial charge is 0.270 e. The molecule has 0 unspecified atom stereocenters. The van der Waals surface area contributed by atoms with Crippen molar-refractivity contribution in [1.29, 1.82) is 0 Å². The van der Waals surface area contributed by atoms with Crippen LogP contribution in [0, 0.1) is 24.0 Å². The summed E-state index contributed by atoms with van der Waals surface area (Å²) in [5.41, 5.74) is 6.70. The van der Waals surface area contributed by atoms with E-state index in [-0.39, 0.29) is 11.3 Å². The van der Waals surface area contributed by atoms with Crippen LogP contribution in [-0.4, -0.2) is 16.7 Å². The molecule has 23 heavy (non-hydrogen) atoms. The highest BCUT2D eigenvalue weighted by atomic mass is 16.6. The number of hydrogen-bond donors (Lipinski definition) is 2. The molecule has 2 rings (SSSR count). The van der Waals surface area contributed by atoms with Gasteiger partial charge in [-0.25, -0.2) is 0 Å². The van der Waals surface area contributed by atoms with Crippen LogP contribution in [0.3, 0.4) is 0 Å². The summed E-state index contributed by atoms with van der Waals surface area (Å²) in [7, 11) is 0. The summed E-state index contributed by atoms with van der Waals surface area (Å²) in [4.78, 5) is 34.1. The Bertz CT molecular complexity index is 766. The van der Waals surface area contributed by atoms with Crippen LogP contribution in [0.1, 0.15) is 31.8 Å². The number of hydrogen-bond acceptors (Lipinski definition) is 4. The van der Waals surface area contributed by atoms with E-state index in [4.69, 9.17) is 0 Å². The minimum absolute atomic E-state index is 0.0833. The van der Waals surface area contributed by atoms with Gasteiger partial charge in [-0.3, -0.25) is 30.6 Å². The number of aryl methyl sites for hydroxylation is 2. The third kappa shape index (κ3) is 4.13. The Morgan fingerprint density at radius 1 is 0.913 bits per heavy atom. The Balaban J connectivity index is 2.05. The van der Waals surface area contributed by atoms with E-state index in [0.717, 1.165) is 17.2 Å². The second kappa shape index (κ2) is 6.69. The van der Waals surface area contributed by atoms with Crippen LogP contribution in [0.15, 0.2) is 42.5 Å². The van der Waals surface area contributed by atoms with Gasteiger partial charge in [-0.05, 0) is 32.0 Å². The number of nitro groups is 1. The average molecular weight is 313 g/mol. The Hall–Kier alpha value is -3.22. The lowest BCUT2D eigenvalue weighted by Gasteiger charge is -2.08. The number of nitrogens with one attached hydrogen (secondary N) is 2. The molecule has 2 N–H and O–H groups in total. The predicted octanol–water partition coefficient (Wildman–Crippen LogP) is 2.29. The van der Waals surface area contributed by atoms with Crippen molar-refractivity contribution < 1.29 is 14.5 Å².